The van der Waals surface area contributed by atoms with Gasteiger partial charge in [-0.25, -0.2) is 0 Å². The Morgan fingerprint density at radius 1 is 1.25 bits per heavy atom. The molecule has 130 valence electrons. The van der Waals surface area contributed by atoms with Crippen molar-refractivity contribution in [1.29, 1.82) is 0 Å². The van der Waals surface area contributed by atoms with Crippen molar-refractivity contribution in [2.24, 2.45) is 0 Å². The van der Waals surface area contributed by atoms with E-state index in [-0.39, 0.29) is 18.3 Å². The first-order valence-corrected chi connectivity index (χ1v) is 8.45. The highest BCUT2D eigenvalue weighted by Gasteiger charge is 2.21. The first-order chi connectivity index (χ1) is 11.3. The summed E-state index contributed by atoms with van der Waals surface area (Å²) in [5.74, 6) is -0.148. The van der Waals surface area contributed by atoms with Crippen LogP contribution in [0.5, 0.6) is 0 Å². The van der Waals surface area contributed by atoms with Crippen LogP contribution in [0.3, 0.4) is 0 Å². The largest absolute Gasteiger partial charge is 0.321 e. The van der Waals surface area contributed by atoms with E-state index in [2.05, 4.69) is 39.9 Å². The van der Waals surface area contributed by atoms with Crippen molar-refractivity contribution in [3.05, 3.63) is 46.8 Å². The van der Waals surface area contributed by atoms with E-state index in [0.29, 0.717) is 12.2 Å². The molecule has 2 heterocycles. The molecule has 6 heteroatoms. The average Bonchev–Trinajstić information content (AvgIpc) is 3.01. The van der Waals surface area contributed by atoms with E-state index in [1.165, 1.54) is 24.8 Å². The Morgan fingerprint density at radius 3 is 2.79 bits per heavy atom. The number of fused-ring (bicyclic) bond motifs is 1. The summed E-state index contributed by atoms with van der Waals surface area (Å²) in [4.78, 5) is 12.4. The fourth-order valence-corrected chi connectivity index (χ4v) is 2.94. The standard InChI is InChI=1S/C18H24N4O.ClH/c1-2-3-4-5-13-6-8-14(9-7-13)20-18(23)17-15-12-19-11-10-16(15)21-22-17;/h6-9,19H,2-5,10-12H2,1H3,(H,20,23)(H,21,22);1H. The van der Waals surface area contributed by atoms with Gasteiger partial charge in [-0.3, -0.25) is 9.89 Å². The van der Waals surface area contributed by atoms with E-state index < -0.39 is 0 Å². The number of hydrogen-bond acceptors (Lipinski definition) is 3. The topological polar surface area (TPSA) is 69.8 Å². The number of aromatic amines is 1. The summed E-state index contributed by atoms with van der Waals surface area (Å²) >= 11 is 0. The van der Waals surface area contributed by atoms with Gasteiger partial charge >= 0.3 is 0 Å². The molecule has 3 rings (SSSR count). The molecule has 0 saturated carbocycles. The van der Waals surface area contributed by atoms with Crippen LogP contribution in [-0.2, 0) is 19.4 Å². The zero-order valence-electron chi connectivity index (χ0n) is 14.0. The van der Waals surface area contributed by atoms with Crippen LogP contribution in [0.4, 0.5) is 5.69 Å². The van der Waals surface area contributed by atoms with Gasteiger partial charge in [0.15, 0.2) is 5.69 Å². The molecule has 0 bridgehead atoms. The number of nitrogens with one attached hydrogen (secondary N) is 3. The number of amides is 1. The predicted octanol–water partition coefficient (Wildman–Crippen LogP) is 3.46. The third kappa shape index (κ3) is 4.36. The summed E-state index contributed by atoms with van der Waals surface area (Å²) in [6.45, 7) is 3.84. The summed E-state index contributed by atoms with van der Waals surface area (Å²) < 4.78 is 0. The van der Waals surface area contributed by atoms with Crippen molar-refractivity contribution >= 4 is 24.0 Å². The van der Waals surface area contributed by atoms with Gasteiger partial charge in [0.1, 0.15) is 0 Å². The Bertz CT molecular complexity index is 666. The Hall–Kier alpha value is -1.85. The van der Waals surface area contributed by atoms with E-state index in [1.807, 2.05) is 12.1 Å². The number of halogens is 1. The fourth-order valence-electron chi connectivity index (χ4n) is 2.94. The molecule has 24 heavy (non-hydrogen) atoms. The van der Waals surface area contributed by atoms with Gasteiger partial charge in [0.05, 0.1) is 0 Å². The number of aryl methyl sites for hydroxylation is 1. The number of carbonyl (C=O) groups excluding carboxylic acids is 1. The molecule has 0 atom stereocenters. The second-order valence-corrected chi connectivity index (χ2v) is 6.06. The number of nitrogens with zero attached hydrogens (tertiary/aromatic N) is 1. The lowest BCUT2D eigenvalue weighted by atomic mass is 10.1. The van der Waals surface area contributed by atoms with Crippen molar-refractivity contribution in [2.75, 3.05) is 11.9 Å². The van der Waals surface area contributed by atoms with E-state index >= 15 is 0 Å². The lowest BCUT2D eigenvalue weighted by Gasteiger charge is -2.13. The van der Waals surface area contributed by atoms with Crippen LogP contribution < -0.4 is 10.6 Å². The van der Waals surface area contributed by atoms with Gasteiger partial charge in [-0.1, -0.05) is 31.9 Å². The molecule has 0 aliphatic carbocycles. The molecule has 0 saturated heterocycles. The van der Waals surface area contributed by atoms with E-state index in [0.717, 1.165) is 36.3 Å². The first kappa shape index (κ1) is 18.5. The average molecular weight is 349 g/mol. The Labute approximate surface area is 149 Å². The van der Waals surface area contributed by atoms with Crippen molar-refractivity contribution in [3.8, 4) is 0 Å². The smallest absolute Gasteiger partial charge is 0.276 e. The van der Waals surface area contributed by atoms with Crippen LogP contribution in [0.25, 0.3) is 0 Å². The fraction of sp³-hybridized carbons (Fsp3) is 0.444. The lowest BCUT2D eigenvalue weighted by molar-refractivity contribution is 0.102. The molecule has 0 radical (unpaired) electrons. The second kappa shape index (κ2) is 8.85. The number of hydrogen-bond donors (Lipinski definition) is 3. The maximum atomic E-state index is 12.4. The van der Waals surface area contributed by atoms with Gasteiger partial charge in [-0.2, -0.15) is 5.10 Å². The lowest BCUT2D eigenvalue weighted by Crippen LogP contribution is -2.25. The molecule has 1 aliphatic rings. The van der Waals surface area contributed by atoms with Crippen molar-refractivity contribution in [1.82, 2.24) is 15.5 Å². The van der Waals surface area contributed by atoms with Crippen molar-refractivity contribution in [3.63, 3.8) is 0 Å². The minimum absolute atomic E-state index is 0. The predicted molar refractivity (Wildman–Crippen MR) is 98.9 cm³/mol. The van der Waals surface area contributed by atoms with Gasteiger partial charge < -0.3 is 10.6 Å². The molecule has 3 N–H and O–H groups in total. The number of unbranched alkanes of at least 4 members (excludes halogenated alkanes) is 2. The summed E-state index contributed by atoms with van der Waals surface area (Å²) in [6.07, 6.45) is 5.70. The number of benzene rings is 1. The Balaban J connectivity index is 0.00000208. The third-order valence-electron chi connectivity index (χ3n) is 4.30. The molecule has 2 aromatic rings. The summed E-state index contributed by atoms with van der Waals surface area (Å²) in [7, 11) is 0. The zero-order chi connectivity index (χ0) is 16.1. The SMILES string of the molecule is CCCCCc1ccc(NC(=O)c2n[nH]c3c2CNCC3)cc1.Cl. The monoisotopic (exact) mass is 348 g/mol. The maximum Gasteiger partial charge on any atom is 0.276 e. The first-order valence-electron chi connectivity index (χ1n) is 8.45. The molecule has 1 aromatic carbocycles. The van der Waals surface area contributed by atoms with E-state index in [4.69, 9.17) is 0 Å². The highest BCUT2D eigenvalue weighted by atomic mass is 35.5. The maximum absolute atomic E-state index is 12.4. The van der Waals surface area contributed by atoms with Gasteiger partial charge in [0.2, 0.25) is 0 Å². The van der Waals surface area contributed by atoms with Crippen LogP contribution in [0, 0.1) is 0 Å². The second-order valence-electron chi connectivity index (χ2n) is 6.06. The van der Waals surface area contributed by atoms with Gasteiger partial charge in [0.25, 0.3) is 5.91 Å². The minimum Gasteiger partial charge on any atom is -0.321 e. The highest BCUT2D eigenvalue weighted by molar-refractivity contribution is 6.04. The normalized spacial score (nSPS) is 13.0. The van der Waals surface area contributed by atoms with Gasteiger partial charge in [-0.15, -0.1) is 12.4 Å². The molecule has 0 spiro atoms. The summed E-state index contributed by atoms with van der Waals surface area (Å²) in [5.41, 5.74) is 4.69. The number of carbonyl (C=O) groups is 1. The molecular formula is C18H25ClN4O. The van der Waals surface area contributed by atoms with Crippen LogP contribution in [0.1, 0.15) is 53.5 Å². The van der Waals surface area contributed by atoms with Crippen LogP contribution >= 0.6 is 12.4 Å². The van der Waals surface area contributed by atoms with Crippen molar-refractivity contribution in [2.45, 2.75) is 45.6 Å². The number of H-pyrrole nitrogens is 1. The van der Waals surface area contributed by atoms with Gasteiger partial charge in [0, 0.05) is 36.5 Å². The van der Waals surface area contributed by atoms with Crippen LogP contribution in [0.15, 0.2) is 24.3 Å². The third-order valence-corrected chi connectivity index (χ3v) is 4.30. The molecule has 0 unspecified atom stereocenters. The quantitative estimate of drug-likeness (QED) is 0.700. The molecular weight excluding hydrogens is 324 g/mol. The Morgan fingerprint density at radius 2 is 2.04 bits per heavy atom. The van der Waals surface area contributed by atoms with E-state index in [9.17, 15) is 4.79 Å². The van der Waals surface area contributed by atoms with E-state index in [1.54, 1.807) is 0 Å². The number of aromatic nitrogens is 2. The Kier molecular flexibility index (Phi) is 6.82. The van der Waals surface area contributed by atoms with Crippen LogP contribution in [0.2, 0.25) is 0 Å². The summed E-state index contributed by atoms with van der Waals surface area (Å²) in [6, 6.07) is 8.12. The molecule has 1 aromatic heterocycles. The van der Waals surface area contributed by atoms with Crippen LogP contribution in [-0.4, -0.2) is 22.6 Å². The minimum atomic E-state index is -0.148. The summed E-state index contributed by atoms with van der Waals surface area (Å²) in [5, 5.41) is 13.4. The highest BCUT2D eigenvalue weighted by Crippen LogP contribution is 2.18. The molecule has 5 nitrogen and oxygen atoms in total. The van der Waals surface area contributed by atoms with Gasteiger partial charge in [-0.05, 0) is 30.5 Å². The van der Waals surface area contributed by atoms with Crippen molar-refractivity contribution < 1.29 is 4.79 Å². The number of rotatable bonds is 6. The zero-order valence-corrected chi connectivity index (χ0v) is 14.8. The molecule has 0 fully saturated rings. The molecule has 1 aliphatic heterocycles. The molecule has 1 amide bonds. The number of anilines is 1.